The molecule has 130 valence electrons. The molecule has 1 aromatic heterocycles. The summed E-state index contributed by atoms with van der Waals surface area (Å²) in [5.74, 6) is 1.38. The Morgan fingerprint density at radius 1 is 1.08 bits per heavy atom. The predicted octanol–water partition coefficient (Wildman–Crippen LogP) is 4.57. The number of rotatable bonds is 6. The molecule has 0 saturated heterocycles. The van der Waals surface area contributed by atoms with Crippen molar-refractivity contribution in [1.29, 1.82) is 0 Å². The minimum atomic E-state index is -0.163. The maximum atomic E-state index is 12.5. The number of hydrogen-bond donors (Lipinski definition) is 1. The molecule has 3 rings (SSSR count). The van der Waals surface area contributed by atoms with E-state index < -0.39 is 0 Å². The Bertz CT molecular complexity index is 854. The maximum absolute atomic E-state index is 12.5. The third-order valence-electron chi connectivity index (χ3n) is 4.65. The molecule has 0 aliphatic rings. The van der Waals surface area contributed by atoms with Crippen LogP contribution in [0.2, 0.25) is 0 Å². The number of carbonyl (C=O) groups is 1. The SMILES string of the molecule is CCC(C)Cn1c(C(C)NC(=O)c2ccccc2)nc2ccccc21. The fourth-order valence-corrected chi connectivity index (χ4v) is 2.99. The zero-order chi connectivity index (χ0) is 17.8. The zero-order valence-electron chi connectivity index (χ0n) is 15.1. The average Bonchev–Trinajstić information content (AvgIpc) is 3.01. The lowest BCUT2D eigenvalue weighted by Crippen LogP contribution is -2.29. The van der Waals surface area contributed by atoms with Crippen LogP contribution in [0.15, 0.2) is 54.6 Å². The molecule has 1 amide bonds. The number of carbonyl (C=O) groups excluding carboxylic acids is 1. The Labute approximate surface area is 148 Å². The largest absolute Gasteiger partial charge is 0.342 e. The summed E-state index contributed by atoms with van der Waals surface area (Å²) in [7, 11) is 0. The molecular formula is C21H25N3O. The standard InChI is InChI=1S/C21H25N3O/c1-4-15(2)14-24-19-13-9-8-12-18(19)23-20(24)16(3)22-21(25)17-10-6-5-7-11-17/h5-13,15-16H,4,14H2,1-3H3,(H,22,25). The van der Waals surface area contributed by atoms with Gasteiger partial charge in [-0.1, -0.05) is 50.6 Å². The van der Waals surface area contributed by atoms with Crippen LogP contribution in [0, 0.1) is 5.92 Å². The highest BCUT2D eigenvalue weighted by Crippen LogP contribution is 2.23. The summed E-state index contributed by atoms with van der Waals surface area (Å²) < 4.78 is 2.25. The molecule has 0 spiro atoms. The van der Waals surface area contributed by atoms with Gasteiger partial charge in [0.15, 0.2) is 0 Å². The van der Waals surface area contributed by atoms with Crippen molar-refractivity contribution >= 4 is 16.9 Å². The number of imidazole rings is 1. The number of para-hydroxylation sites is 2. The van der Waals surface area contributed by atoms with Crippen LogP contribution < -0.4 is 5.32 Å². The quantitative estimate of drug-likeness (QED) is 0.717. The van der Waals surface area contributed by atoms with Gasteiger partial charge >= 0.3 is 0 Å². The van der Waals surface area contributed by atoms with Crippen molar-refractivity contribution in [2.45, 2.75) is 39.8 Å². The van der Waals surface area contributed by atoms with Crippen molar-refractivity contribution < 1.29 is 4.79 Å². The van der Waals surface area contributed by atoms with Gasteiger partial charge in [0.2, 0.25) is 0 Å². The highest BCUT2D eigenvalue weighted by Gasteiger charge is 2.19. The lowest BCUT2D eigenvalue weighted by molar-refractivity contribution is 0.0937. The highest BCUT2D eigenvalue weighted by atomic mass is 16.1. The lowest BCUT2D eigenvalue weighted by atomic mass is 10.1. The Morgan fingerprint density at radius 2 is 1.76 bits per heavy atom. The van der Waals surface area contributed by atoms with Crippen molar-refractivity contribution in [3.63, 3.8) is 0 Å². The van der Waals surface area contributed by atoms with Gasteiger partial charge in [-0.25, -0.2) is 4.98 Å². The van der Waals surface area contributed by atoms with Gasteiger partial charge in [0.05, 0.1) is 17.1 Å². The van der Waals surface area contributed by atoms with Gasteiger partial charge in [-0.2, -0.15) is 0 Å². The molecule has 0 aliphatic carbocycles. The van der Waals surface area contributed by atoms with Crippen molar-refractivity contribution in [2.24, 2.45) is 5.92 Å². The maximum Gasteiger partial charge on any atom is 0.251 e. The van der Waals surface area contributed by atoms with Crippen molar-refractivity contribution in [3.8, 4) is 0 Å². The lowest BCUT2D eigenvalue weighted by Gasteiger charge is -2.18. The van der Waals surface area contributed by atoms with Gasteiger partial charge < -0.3 is 9.88 Å². The van der Waals surface area contributed by atoms with Gasteiger partial charge in [-0.3, -0.25) is 4.79 Å². The number of hydrogen-bond acceptors (Lipinski definition) is 2. The van der Waals surface area contributed by atoms with Crippen LogP contribution in [-0.4, -0.2) is 15.5 Å². The summed E-state index contributed by atoms with van der Waals surface area (Å²) in [6.45, 7) is 7.34. The summed E-state index contributed by atoms with van der Waals surface area (Å²) in [6, 6.07) is 17.3. The van der Waals surface area contributed by atoms with Gasteiger partial charge in [-0.05, 0) is 37.1 Å². The molecule has 2 unspecified atom stereocenters. The first-order chi connectivity index (χ1) is 12.1. The van der Waals surface area contributed by atoms with Crippen LogP contribution in [0.1, 0.15) is 49.4 Å². The van der Waals surface area contributed by atoms with Gasteiger partial charge in [0, 0.05) is 12.1 Å². The van der Waals surface area contributed by atoms with Gasteiger partial charge in [0.1, 0.15) is 5.82 Å². The summed E-state index contributed by atoms with van der Waals surface area (Å²) >= 11 is 0. The summed E-state index contributed by atoms with van der Waals surface area (Å²) in [5, 5.41) is 3.08. The smallest absolute Gasteiger partial charge is 0.251 e. The molecule has 0 aliphatic heterocycles. The van der Waals surface area contributed by atoms with Crippen LogP contribution in [0.5, 0.6) is 0 Å². The zero-order valence-corrected chi connectivity index (χ0v) is 15.1. The summed E-state index contributed by atoms with van der Waals surface area (Å²) in [4.78, 5) is 17.3. The molecule has 4 heteroatoms. The molecule has 1 N–H and O–H groups in total. The van der Waals surface area contributed by atoms with Crippen LogP contribution in [-0.2, 0) is 6.54 Å². The number of fused-ring (bicyclic) bond motifs is 1. The first-order valence-electron chi connectivity index (χ1n) is 8.91. The molecule has 0 bridgehead atoms. The molecular weight excluding hydrogens is 310 g/mol. The third-order valence-corrected chi connectivity index (χ3v) is 4.65. The summed E-state index contributed by atoms with van der Waals surface area (Å²) in [5.41, 5.74) is 2.76. The fraction of sp³-hybridized carbons (Fsp3) is 0.333. The van der Waals surface area contributed by atoms with Crippen LogP contribution in [0.25, 0.3) is 11.0 Å². The Morgan fingerprint density at radius 3 is 2.48 bits per heavy atom. The van der Waals surface area contributed by atoms with E-state index in [2.05, 4.69) is 29.8 Å². The molecule has 2 aromatic carbocycles. The van der Waals surface area contributed by atoms with E-state index in [1.807, 2.05) is 55.5 Å². The summed E-state index contributed by atoms with van der Waals surface area (Å²) in [6.07, 6.45) is 1.11. The first-order valence-corrected chi connectivity index (χ1v) is 8.91. The number of amides is 1. The fourth-order valence-electron chi connectivity index (χ4n) is 2.99. The second-order valence-corrected chi connectivity index (χ2v) is 6.64. The molecule has 25 heavy (non-hydrogen) atoms. The van der Waals surface area contributed by atoms with E-state index in [0.29, 0.717) is 11.5 Å². The van der Waals surface area contributed by atoms with Gasteiger partial charge in [0.25, 0.3) is 5.91 Å². The van der Waals surface area contributed by atoms with E-state index in [9.17, 15) is 4.79 Å². The highest BCUT2D eigenvalue weighted by molar-refractivity contribution is 5.94. The number of nitrogens with one attached hydrogen (secondary N) is 1. The normalized spacial score (nSPS) is 13.6. The molecule has 0 radical (unpaired) electrons. The minimum Gasteiger partial charge on any atom is -0.342 e. The van der Waals surface area contributed by atoms with E-state index in [0.717, 1.165) is 29.8 Å². The van der Waals surface area contributed by atoms with E-state index in [-0.39, 0.29) is 11.9 Å². The topological polar surface area (TPSA) is 46.9 Å². The Balaban J connectivity index is 1.91. The predicted molar refractivity (Wildman–Crippen MR) is 102 cm³/mol. The second-order valence-electron chi connectivity index (χ2n) is 6.64. The third kappa shape index (κ3) is 3.73. The molecule has 2 atom stereocenters. The van der Waals surface area contributed by atoms with Crippen LogP contribution in [0.3, 0.4) is 0 Å². The molecule has 0 fully saturated rings. The molecule has 3 aromatic rings. The second kappa shape index (κ2) is 7.51. The Kier molecular flexibility index (Phi) is 5.17. The van der Waals surface area contributed by atoms with Crippen molar-refractivity contribution in [1.82, 2.24) is 14.9 Å². The Hall–Kier alpha value is -2.62. The van der Waals surface area contributed by atoms with Crippen molar-refractivity contribution in [2.75, 3.05) is 0 Å². The average molecular weight is 335 g/mol. The number of benzene rings is 2. The van der Waals surface area contributed by atoms with Gasteiger partial charge in [-0.15, -0.1) is 0 Å². The molecule has 4 nitrogen and oxygen atoms in total. The molecule has 1 heterocycles. The van der Waals surface area contributed by atoms with E-state index in [1.54, 1.807) is 0 Å². The number of aromatic nitrogens is 2. The van der Waals surface area contributed by atoms with E-state index >= 15 is 0 Å². The first kappa shape index (κ1) is 17.2. The monoisotopic (exact) mass is 335 g/mol. The number of nitrogens with zero attached hydrogens (tertiary/aromatic N) is 2. The van der Waals surface area contributed by atoms with Crippen LogP contribution in [0.4, 0.5) is 0 Å². The van der Waals surface area contributed by atoms with E-state index in [4.69, 9.17) is 4.98 Å². The van der Waals surface area contributed by atoms with Crippen molar-refractivity contribution in [3.05, 3.63) is 66.0 Å². The van der Waals surface area contributed by atoms with Crippen LogP contribution >= 0.6 is 0 Å². The minimum absolute atomic E-state index is 0.0738. The molecule has 0 saturated carbocycles. The van der Waals surface area contributed by atoms with E-state index in [1.165, 1.54) is 0 Å².